The van der Waals surface area contributed by atoms with Crippen LogP contribution in [-0.2, 0) is 16.1 Å². The van der Waals surface area contributed by atoms with Gasteiger partial charge in [-0.15, -0.1) is 11.3 Å². The van der Waals surface area contributed by atoms with Crippen LogP contribution in [0.1, 0.15) is 15.9 Å². The van der Waals surface area contributed by atoms with Crippen molar-refractivity contribution in [3.05, 3.63) is 71.1 Å². The summed E-state index contributed by atoms with van der Waals surface area (Å²) in [5.74, 6) is -0.574. The number of benzene rings is 2. The summed E-state index contributed by atoms with van der Waals surface area (Å²) in [6.45, 7) is 0.385. The normalized spacial score (nSPS) is 13.8. The molecule has 0 spiro atoms. The van der Waals surface area contributed by atoms with Crippen LogP contribution in [0.5, 0.6) is 0 Å². The van der Waals surface area contributed by atoms with Crippen LogP contribution in [0.3, 0.4) is 0 Å². The number of carbonyl (C=O) groups is 3. The quantitative estimate of drug-likeness (QED) is 0.552. The van der Waals surface area contributed by atoms with Crippen molar-refractivity contribution in [2.75, 3.05) is 24.1 Å². The van der Waals surface area contributed by atoms with Gasteiger partial charge >= 0.3 is 0 Å². The highest BCUT2D eigenvalue weighted by Crippen LogP contribution is 2.30. The van der Waals surface area contributed by atoms with Crippen molar-refractivity contribution in [2.45, 2.75) is 6.54 Å². The Morgan fingerprint density at radius 3 is 2.67 bits per heavy atom. The number of amides is 3. The number of hydrogen-bond donors (Lipinski definition) is 3. The van der Waals surface area contributed by atoms with Gasteiger partial charge in [-0.05, 0) is 46.8 Å². The lowest BCUT2D eigenvalue weighted by Crippen LogP contribution is -2.50. The third kappa shape index (κ3) is 4.33. The predicted octanol–water partition coefficient (Wildman–Crippen LogP) is 2.71. The Bertz CT molecular complexity index is 1090. The van der Waals surface area contributed by atoms with Crippen LogP contribution in [-0.4, -0.2) is 35.7 Å². The van der Waals surface area contributed by atoms with Gasteiger partial charge in [0.15, 0.2) is 0 Å². The minimum absolute atomic E-state index is 0.0191. The molecule has 1 aliphatic heterocycles. The van der Waals surface area contributed by atoms with Crippen LogP contribution < -0.4 is 16.4 Å². The topological polar surface area (TPSA) is 105 Å². The first kappa shape index (κ1) is 19.7. The number of nitrogens with one attached hydrogen (secondary N) is 2. The molecule has 30 heavy (non-hydrogen) atoms. The van der Waals surface area contributed by atoms with Crippen molar-refractivity contribution >= 4 is 40.4 Å². The second-order valence-electron chi connectivity index (χ2n) is 6.96. The molecule has 1 aliphatic rings. The molecule has 1 aromatic heterocycles. The van der Waals surface area contributed by atoms with E-state index in [1.54, 1.807) is 41.7 Å². The Kier molecular flexibility index (Phi) is 5.49. The number of nitrogens with two attached hydrogens (primary N) is 1. The van der Waals surface area contributed by atoms with Crippen LogP contribution >= 0.6 is 11.3 Å². The van der Waals surface area contributed by atoms with Gasteiger partial charge in [-0.1, -0.05) is 24.3 Å². The second kappa shape index (κ2) is 8.38. The monoisotopic (exact) mass is 420 g/mol. The fourth-order valence-electron chi connectivity index (χ4n) is 3.18. The maximum Gasteiger partial charge on any atom is 0.255 e. The minimum atomic E-state index is -0.273. The summed E-state index contributed by atoms with van der Waals surface area (Å²) in [5, 5.41) is 7.38. The molecule has 0 aliphatic carbocycles. The van der Waals surface area contributed by atoms with Crippen molar-refractivity contribution in [2.24, 2.45) is 0 Å². The van der Waals surface area contributed by atoms with E-state index < -0.39 is 0 Å². The Labute approximate surface area is 177 Å². The van der Waals surface area contributed by atoms with Gasteiger partial charge in [-0.25, -0.2) is 0 Å². The first-order valence-electron chi connectivity index (χ1n) is 9.38. The molecule has 7 nitrogen and oxygen atoms in total. The molecule has 1 fully saturated rings. The van der Waals surface area contributed by atoms with Gasteiger partial charge < -0.3 is 21.3 Å². The molecular weight excluding hydrogens is 400 g/mol. The van der Waals surface area contributed by atoms with E-state index in [1.807, 2.05) is 29.6 Å². The minimum Gasteiger partial charge on any atom is -0.397 e. The van der Waals surface area contributed by atoms with Crippen molar-refractivity contribution < 1.29 is 14.4 Å². The molecule has 0 unspecified atom stereocenters. The van der Waals surface area contributed by atoms with E-state index in [0.717, 1.165) is 16.0 Å². The Morgan fingerprint density at radius 1 is 1.13 bits per heavy atom. The summed E-state index contributed by atoms with van der Waals surface area (Å²) in [6, 6.07) is 16.5. The van der Waals surface area contributed by atoms with Gasteiger partial charge in [-0.3, -0.25) is 14.4 Å². The zero-order valence-corrected chi connectivity index (χ0v) is 16.9. The number of carbonyl (C=O) groups excluding carboxylic acids is 3. The summed E-state index contributed by atoms with van der Waals surface area (Å²) < 4.78 is 0. The van der Waals surface area contributed by atoms with Crippen LogP contribution in [0.25, 0.3) is 10.4 Å². The van der Waals surface area contributed by atoms with Gasteiger partial charge in [0.05, 0.1) is 24.5 Å². The van der Waals surface area contributed by atoms with Crippen molar-refractivity contribution in [1.82, 2.24) is 10.2 Å². The van der Waals surface area contributed by atoms with Gasteiger partial charge in [0.2, 0.25) is 11.8 Å². The number of nitrogen functional groups attached to an aromatic ring is 1. The van der Waals surface area contributed by atoms with Crippen molar-refractivity contribution in [3.8, 4) is 10.4 Å². The fourth-order valence-corrected chi connectivity index (χ4v) is 3.91. The van der Waals surface area contributed by atoms with E-state index in [9.17, 15) is 14.4 Å². The van der Waals surface area contributed by atoms with E-state index in [-0.39, 0.29) is 30.8 Å². The number of hydrogen-bond acceptors (Lipinski definition) is 5. The number of nitrogens with zero attached hydrogens (tertiary/aromatic N) is 1. The zero-order valence-electron chi connectivity index (χ0n) is 16.1. The maximum atomic E-state index is 12.7. The largest absolute Gasteiger partial charge is 0.397 e. The molecule has 0 saturated carbocycles. The summed E-state index contributed by atoms with van der Waals surface area (Å²) in [7, 11) is 0. The van der Waals surface area contributed by atoms with Gasteiger partial charge in [0.25, 0.3) is 5.91 Å². The summed E-state index contributed by atoms with van der Waals surface area (Å²) in [5.41, 5.74) is 9.39. The number of thiophene rings is 1. The SMILES string of the molecule is Nc1ccc(-c2cccs2)cc1NC(=O)c1ccc(CN2CC(=O)NCC2=O)cc1. The lowest BCUT2D eigenvalue weighted by atomic mass is 10.1. The molecule has 0 radical (unpaired) electrons. The van der Waals surface area contributed by atoms with E-state index in [4.69, 9.17) is 5.73 Å². The van der Waals surface area contributed by atoms with Gasteiger partial charge in [-0.2, -0.15) is 0 Å². The summed E-state index contributed by atoms with van der Waals surface area (Å²) in [6.07, 6.45) is 0. The predicted molar refractivity (Wildman–Crippen MR) is 117 cm³/mol. The van der Waals surface area contributed by atoms with Crippen molar-refractivity contribution in [3.63, 3.8) is 0 Å². The third-order valence-electron chi connectivity index (χ3n) is 4.82. The number of rotatable bonds is 5. The van der Waals surface area contributed by atoms with E-state index in [2.05, 4.69) is 10.6 Å². The average molecular weight is 420 g/mol. The summed E-state index contributed by atoms with van der Waals surface area (Å²) >= 11 is 1.62. The number of piperazine rings is 1. The van der Waals surface area contributed by atoms with Gasteiger partial charge in [0.1, 0.15) is 0 Å². The van der Waals surface area contributed by atoms with E-state index in [0.29, 0.717) is 23.5 Å². The first-order valence-corrected chi connectivity index (χ1v) is 10.3. The highest BCUT2D eigenvalue weighted by Gasteiger charge is 2.23. The molecular formula is C22H20N4O3S. The molecule has 8 heteroatoms. The van der Waals surface area contributed by atoms with E-state index >= 15 is 0 Å². The molecule has 2 aromatic carbocycles. The molecule has 3 amide bonds. The van der Waals surface area contributed by atoms with Crippen LogP contribution in [0, 0.1) is 0 Å². The Morgan fingerprint density at radius 2 is 1.93 bits per heavy atom. The molecule has 4 rings (SSSR count). The van der Waals surface area contributed by atoms with Gasteiger partial charge in [0, 0.05) is 17.0 Å². The molecule has 1 saturated heterocycles. The first-order chi connectivity index (χ1) is 14.5. The highest BCUT2D eigenvalue weighted by molar-refractivity contribution is 7.13. The molecule has 3 aromatic rings. The third-order valence-corrected chi connectivity index (χ3v) is 5.74. The molecule has 0 atom stereocenters. The molecule has 4 N–H and O–H groups in total. The van der Waals surface area contributed by atoms with Crippen LogP contribution in [0.2, 0.25) is 0 Å². The number of anilines is 2. The van der Waals surface area contributed by atoms with E-state index in [1.165, 1.54) is 4.90 Å². The fraction of sp³-hybridized carbons (Fsp3) is 0.136. The summed E-state index contributed by atoms with van der Waals surface area (Å²) in [4.78, 5) is 38.7. The Hall–Kier alpha value is -3.65. The standard InChI is InChI=1S/C22H20N4O3S/c23-17-8-7-16(19-2-1-9-30-19)10-18(17)25-22(29)15-5-3-14(4-6-15)12-26-13-20(27)24-11-21(26)28/h1-10H,11-13,23H2,(H,24,27)(H,25,29). The molecule has 152 valence electrons. The van der Waals surface area contributed by atoms with Crippen LogP contribution in [0.4, 0.5) is 11.4 Å². The van der Waals surface area contributed by atoms with Crippen molar-refractivity contribution in [1.29, 1.82) is 0 Å². The average Bonchev–Trinajstić information content (AvgIpc) is 3.28. The van der Waals surface area contributed by atoms with Crippen LogP contribution in [0.15, 0.2) is 60.0 Å². The highest BCUT2D eigenvalue weighted by atomic mass is 32.1. The smallest absolute Gasteiger partial charge is 0.255 e. The zero-order chi connectivity index (χ0) is 21.1. The molecule has 2 heterocycles. The maximum absolute atomic E-state index is 12.7. The second-order valence-corrected chi connectivity index (χ2v) is 7.90. The molecule has 0 bridgehead atoms. The lowest BCUT2D eigenvalue weighted by Gasteiger charge is -2.26. The Balaban J connectivity index is 1.45. The lowest BCUT2D eigenvalue weighted by molar-refractivity contribution is -0.141.